The zero-order valence-corrected chi connectivity index (χ0v) is 22.0. The maximum absolute atomic E-state index is 10.9. The zero-order chi connectivity index (χ0) is 26.8. The molecule has 0 aliphatic carbocycles. The third-order valence-electron chi connectivity index (χ3n) is 5.69. The molecule has 0 saturated carbocycles. The molecule has 0 fully saturated rings. The minimum absolute atomic E-state index is 0.333. The van der Waals surface area contributed by atoms with Crippen molar-refractivity contribution in [3.05, 3.63) is 120 Å². The van der Waals surface area contributed by atoms with Crippen LogP contribution in [0.25, 0.3) is 0 Å². The van der Waals surface area contributed by atoms with Crippen molar-refractivity contribution < 1.29 is 17.7 Å². The van der Waals surface area contributed by atoms with Crippen molar-refractivity contribution in [1.29, 1.82) is 0 Å². The second kappa shape index (κ2) is 10.3. The molecule has 1 atom stereocenters. The van der Waals surface area contributed by atoms with Gasteiger partial charge in [0.1, 0.15) is 5.75 Å². The van der Waals surface area contributed by atoms with E-state index in [0.717, 1.165) is 22.8 Å². The molecule has 0 amide bonds. The summed E-state index contributed by atoms with van der Waals surface area (Å²) in [7, 11) is -4.44. The molecule has 2 aliphatic heterocycles. The Morgan fingerprint density at radius 1 is 0.842 bits per heavy atom. The quantitative estimate of drug-likeness (QED) is 0.208. The molecule has 0 saturated heterocycles. The number of aryl methyl sites for hydroxylation is 1. The summed E-state index contributed by atoms with van der Waals surface area (Å²) in [5, 5.41) is 11.1. The van der Waals surface area contributed by atoms with Crippen LogP contribution >= 0.6 is 12.6 Å². The molecular formula is C27H25N5O4S2. The van der Waals surface area contributed by atoms with Crippen molar-refractivity contribution in [3.63, 3.8) is 0 Å². The topological polar surface area (TPSA) is 106 Å². The van der Waals surface area contributed by atoms with Gasteiger partial charge in [-0.1, -0.05) is 91.0 Å². The van der Waals surface area contributed by atoms with Crippen LogP contribution in [-0.4, -0.2) is 23.2 Å². The number of thiol groups is 1. The molecule has 3 N–H and O–H groups in total. The highest BCUT2D eigenvalue weighted by Crippen LogP contribution is 2.40. The molecule has 38 heavy (non-hydrogen) atoms. The van der Waals surface area contributed by atoms with E-state index in [1.165, 1.54) is 5.56 Å². The van der Waals surface area contributed by atoms with Crippen LogP contribution in [0.5, 0.6) is 5.75 Å². The standard InChI is InChI=1S/C20H18N4.C7H7NO4S2/c1-16-12-14-19(15-13-16)24-22-20(17-8-4-2-5-9-17)21-23(24)18-10-6-3-7-11-18;9-14(10,11)7(13)8-5-3-1-2-4-6(5)12-7/h2-15H,1H3,(H,21,22);1-4,8,13H,(H,9,10,11). The summed E-state index contributed by atoms with van der Waals surface area (Å²) in [6.07, 6.45) is 0. The highest BCUT2D eigenvalue weighted by atomic mass is 32.3. The van der Waals surface area contributed by atoms with E-state index in [9.17, 15) is 8.42 Å². The number of benzene rings is 4. The smallest absolute Gasteiger partial charge is 0.356 e. The normalized spacial score (nSPS) is 17.8. The number of rotatable bonds is 4. The molecule has 6 rings (SSSR count). The molecule has 2 aliphatic rings. The first kappa shape index (κ1) is 25.5. The van der Waals surface area contributed by atoms with E-state index < -0.39 is 14.5 Å². The Hall–Kier alpha value is -4.19. The van der Waals surface area contributed by atoms with Crippen LogP contribution in [0.1, 0.15) is 11.1 Å². The summed E-state index contributed by atoms with van der Waals surface area (Å²) >= 11 is 3.74. The largest absolute Gasteiger partial charge is 0.442 e. The molecule has 9 nitrogen and oxygen atoms in total. The average Bonchev–Trinajstić information content (AvgIpc) is 3.52. The van der Waals surface area contributed by atoms with E-state index in [4.69, 9.17) is 14.4 Å². The van der Waals surface area contributed by atoms with Gasteiger partial charge in [-0.05, 0) is 43.3 Å². The summed E-state index contributed by atoms with van der Waals surface area (Å²) in [5.74, 6) is 1.15. The number of fused-ring (bicyclic) bond motifs is 1. The molecule has 4 aromatic carbocycles. The Balaban J connectivity index is 0.000000179. The third-order valence-corrected chi connectivity index (χ3v) is 7.47. The Morgan fingerprint density at radius 3 is 2.08 bits per heavy atom. The highest BCUT2D eigenvalue weighted by molar-refractivity contribution is 8.03. The first-order valence-electron chi connectivity index (χ1n) is 11.6. The van der Waals surface area contributed by atoms with Crippen molar-refractivity contribution in [2.24, 2.45) is 5.10 Å². The fraction of sp³-hybridized carbons (Fsp3) is 0.0741. The summed E-state index contributed by atoms with van der Waals surface area (Å²) in [6.45, 7) is 2.08. The summed E-state index contributed by atoms with van der Waals surface area (Å²) in [4.78, 5) is 0. The molecular weight excluding hydrogens is 522 g/mol. The van der Waals surface area contributed by atoms with Crippen molar-refractivity contribution in [3.8, 4) is 5.75 Å². The molecule has 11 heteroatoms. The predicted molar refractivity (Wildman–Crippen MR) is 153 cm³/mol. The molecule has 1 unspecified atom stereocenters. The lowest BCUT2D eigenvalue weighted by Crippen LogP contribution is -2.44. The van der Waals surface area contributed by atoms with Crippen LogP contribution in [0, 0.1) is 6.92 Å². The van der Waals surface area contributed by atoms with Crippen molar-refractivity contribution in [1.82, 2.24) is 5.43 Å². The number of hydrazone groups is 1. The molecule has 4 aromatic rings. The molecule has 0 spiro atoms. The lowest BCUT2D eigenvalue weighted by atomic mass is 10.2. The number of nitrogens with one attached hydrogen (secondary N) is 2. The maximum atomic E-state index is 10.9. The second-order valence-electron chi connectivity index (χ2n) is 8.48. The van der Waals surface area contributed by atoms with Gasteiger partial charge in [0.25, 0.3) is 0 Å². The van der Waals surface area contributed by atoms with Gasteiger partial charge in [0.05, 0.1) is 17.1 Å². The number of para-hydroxylation sites is 3. The minimum atomic E-state index is -4.44. The van der Waals surface area contributed by atoms with E-state index in [-0.39, 0.29) is 0 Å². The summed E-state index contributed by atoms with van der Waals surface area (Å²) in [5.41, 5.74) is 8.17. The van der Waals surface area contributed by atoms with E-state index in [1.54, 1.807) is 24.3 Å². The number of amidine groups is 1. The first-order chi connectivity index (χ1) is 18.2. The lowest BCUT2D eigenvalue weighted by Gasteiger charge is -2.27. The molecule has 194 valence electrons. The molecule has 2 heterocycles. The van der Waals surface area contributed by atoms with Gasteiger partial charge in [-0.2, -0.15) is 18.7 Å². The van der Waals surface area contributed by atoms with Crippen LogP contribution in [-0.2, 0) is 10.1 Å². The summed E-state index contributed by atoms with van der Waals surface area (Å²) in [6, 6.07) is 35.2. The number of hydrazine groups is 2. The predicted octanol–water partition coefficient (Wildman–Crippen LogP) is 5.02. The van der Waals surface area contributed by atoms with Gasteiger partial charge in [0.15, 0.2) is 5.84 Å². The Kier molecular flexibility index (Phi) is 6.89. The van der Waals surface area contributed by atoms with Crippen LogP contribution in [0.3, 0.4) is 0 Å². The van der Waals surface area contributed by atoms with Gasteiger partial charge < -0.3 is 10.1 Å². The Labute approximate surface area is 226 Å². The SMILES string of the molecule is Cc1ccc(N2N=C(c3ccccc3)NN2c2ccccc2)cc1.O=S(=O)(O)C1(S)Nc2ccccc2O1. The fourth-order valence-corrected chi connectivity index (χ4v) is 4.40. The zero-order valence-electron chi connectivity index (χ0n) is 20.3. The van der Waals surface area contributed by atoms with Gasteiger partial charge in [-0.25, -0.2) is 0 Å². The van der Waals surface area contributed by atoms with Gasteiger partial charge in [-0.3, -0.25) is 9.98 Å². The van der Waals surface area contributed by atoms with Gasteiger partial charge in [0, 0.05) is 5.56 Å². The van der Waals surface area contributed by atoms with Gasteiger partial charge in [0.2, 0.25) is 0 Å². The van der Waals surface area contributed by atoms with Crippen molar-refractivity contribution in [2.45, 2.75) is 11.3 Å². The lowest BCUT2D eigenvalue weighted by molar-refractivity contribution is 0.276. The number of anilines is 3. The molecule has 0 radical (unpaired) electrons. The molecule has 0 aromatic heterocycles. The fourth-order valence-electron chi connectivity index (χ4n) is 3.74. The van der Waals surface area contributed by atoms with E-state index in [1.807, 2.05) is 58.8 Å². The highest BCUT2D eigenvalue weighted by Gasteiger charge is 2.47. The van der Waals surface area contributed by atoms with Gasteiger partial charge >= 0.3 is 14.5 Å². The van der Waals surface area contributed by atoms with Crippen molar-refractivity contribution >= 4 is 45.6 Å². The van der Waals surface area contributed by atoms with Crippen LogP contribution in [0.15, 0.2) is 114 Å². The van der Waals surface area contributed by atoms with Crippen LogP contribution in [0.4, 0.5) is 17.1 Å². The summed E-state index contributed by atoms with van der Waals surface area (Å²) < 4.78 is 33.6. The van der Waals surface area contributed by atoms with Crippen LogP contribution in [0.2, 0.25) is 0 Å². The van der Waals surface area contributed by atoms with E-state index in [0.29, 0.717) is 11.4 Å². The van der Waals surface area contributed by atoms with E-state index >= 15 is 0 Å². The third kappa shape index (κ3) is 5.25. The number of hydrogen-bond acceptors (Lipinski definition) is 9. The Bertz CT molecular complexity index is 1520. The minimum Gasteiger partial charge on any atom is -0.442 e. The average molecular weight is 548 g/mol. The van der Waals surface area contributed by atoms with E-state index in [2.05, 4.69) is 66.7 Å². The second-order valence-corrected chi connectivity index (χ2v) is 10.9. The Morgan fingerprint density at radius 2 is 1.45 bits per heavy atom. The van der Waals surface area contributed by atoms with Gasteiger partial charge in [-0.15, -0.1) is 5.10 Å². The number of hydrogen-bond donors (Lipinski definition) is 4. The maximum Gasteiger partial charge on any atom is 0.356 e. The monoisotopic (exact) mass is 547 g/mol. The number of nitrogens with zero attached hydrogens (tertiary/aromatic N) is 3. The molecule has 0 bridgehead atoms. The number of ether oxygens (including phenoxy) is 1. The van der Waals surface area contributed by atoms with Crippen molar-refractivity contribution in [2.75, 3.05) is 15.6 Å². The van der Waals surface area contributed by atoms with Crippen LogP contribution < -0.4 is 25.7 Å². The first-order valence-corrected chi connectivity index (χ1v) is 13.5.